The Morgan fingerprint density at radius 3 is 2.65 bits per heavy atom. The van der Waals surface area contributed by atoms with Crippen LogP contribution < -0.4 is 15.0 Å². The van der Waals surface area contributed by atoms with E-state index in [0.29, 0.717) is 25.7 Å². The first kappa shape index (κ1) is 17.3. The standard InChI is InChI=1S/C15H24BrNO3/c1-5-6-19-15-13(16)7-12(8-14(15)18-4)9-17-20-10-11(2)3/h7-8,11,17H,5-6,9-10H2,1-4H3. The Bertz CT molecular complexity index is 410. The molecule has 0 aliphatic heterocycles. The maximum atomic E-state index is 5.70. The van der Waals surface area contributed by atoms with Crippen LogP contribution in [0.4, 0.5) is 0 Å². The molecule has 5 heteroatoms. The maximum Gasteiger partial charge on any atom is 0.175 e. The molecule has 0 aliphatic rings. The van der Waals surface area contributed by atoms with Gasteiger partial charge in [-0.2, -0.15) is 5.48 Å². The molecule has 0 unspecified atom stereocenters. The normalized spacial score (nSPS) is 10.9. The largest absolute Gasteiger partial charge is 0.493 e. The number of methoxy groups -OCH3 is 1. The molecule has 0 spiro atoms. The second-order valence-electron chi connectivity index (χ2n) is 4.98. The van der Waals surface area contributed by atoms with Gasteiger partial charge in [-0.3, -0.25) is 0 Å². The molecule has 0 heterocycles. The molecular weight excluding hydrogens is 322 g/mol. The summed E-state index contributed by atoms with van der Waals surface area (Å²) in [5.41, 5.74) is 4.03. The summed E-state index contributed by atoms with van der Waals surface area (Å²) in [6.07, 6.45) is 0.960. The molecule has 20 heavy (non-hydrogen) atoms. The lowest BCUT2D eigenvalue weighted by molar-refractivity contribution is 0.0196. The van der Waals surface area contributed by atoms with Crippen molar-refractivity contribution in [1.29, 1.82) is 0 Å². The van der Waals surface area contributed by atoms with Crippen LogP contribution in [0.25, 0.3) is 0 Å². The minimum atomic E-state index is 0.508. The topological polar surface area (TPSA) is 39.7 Å². The number of hydrogen-bond acceptors (Lipinski definition) is 4. The first-order valence-electron chi connectivity index (χ1n) is 6.92. The summed E-state index contributed by atoms with van der Waals surface area (Å²) < 4.78 is 12.0. The highest BCUT2D eigenvalue weighted by atomic mass is 79.9. The van der Waals surface area contributed by atoms with Crippen LogP contribution in [0.15, 0.2) is 16.6 Å². The number of hydroxylamine groups is 1. The predicted molar refractivity (Wildman–Crippen MR) is 84.1 cm³/mol. The van der Waals surface area contributed by atoms with E-state index in [9.17, 15) is 0 Å². The number of nitrogens with one attached hydrogen (secondary N) is 1. The molecule has 4 nitrogen and oxygen atoms in total. The first-order chi connectivity index (χ1) is 9.58. The quantitative estimate of drug-likeness (QED) is 0.543. The van der Waals surface area contributed by atoms with E-state index < -0.39 is 0 Å². The van der Waals surface area contributed by atoms with Crippen molar-refractivity contribution in [1.82, 2.24) is 5.48 Å². The van der Waals surface area contributed by atoms with Crippen molar-refractivity contribution in [3.8, 4) is 11.5 Å². The van der Waals surface area contributed by atoms with Crippen molar-refractivity contribution in [3.63, 3.8) is 0 Å². The maximum absolute atomic E-state index is 5.70. The lowest BCUT2D eigenvalue weighted by Crippen LogP contribution is -2.17. The molecule has 0 aliphatic carbocycles. The van der Waals surface area contributed by atoms with Crippen LogP contribution in [-0.2, 0) is 11.4 Å². The van der Waals surface area contributed by atoms with Crippen molar-refractivity contribution >= 4 is 15.9 Å². The number of halogens is 1. The fourth-order valence-electron chi connectivity index (χ4n) is 1.58. The van der Waals surface area contributed by atoms with Crippen LogP contribution in [0.1, 0.15) is 32.8 Å². The fourth-order valence-corrected chi connectivity index (χ4v) is 2.18. The molecule has 1 rings (SSSR count). The van der Waals surface area contributed by atoms with Crippen LogP contribution in [-0.4, -0.2) is 20.3 Å². The average Bonchev–Trinajstić information content (AvgIpc) is 2.41. The van der Waals surface area contributed by atoms with E-state index in [2.05, 4.69) is 42.2 Å². The van der Waals surface area contributed by atoms with Gasteiger partial charge in [-0.1, -0.05) is 20.8 Å². The summed E-state index contributed by atoms with van der Waals surface area (Å²) in [5, 5.41) is 0. The Morgan fingerprint density at radius 1 is 1.30 bits per heavy atom. The van der Waals surface area contributed by atoms with Gasteiger partial charge in [-0.15, -0.1) is 0 Å². The minimum absolute atomic E-state index is 0.508. The van der Waals surface area contributed by atoms with E-state index in [4.69, 9.17) is 14.3 Å². The lowest BCUT2D eigenvalue weighted by Gasteiger charge is -2.14. The molecule has 1 aromatic carbocycles. The van der Waals surface area contributed by atoms with E-state index in [1.54, 1.807) is 7.11 Å². The minimum Gasteiger partial charge on any atom is -0.493 e. The second-order valence-corrected chi connectivity index (χ2v) is 5.84. The van der Waals surface area contributed by atoms with Gasteiger partial charge >= 0.3 is 0 Å². The van der Waals surface area contributed by atoms with E-state index in [1.807, 2.05) is 12.1 Å². The molecule has 0 atom stereocenters. The summed E-state index contributed by atoms with van der Waals surface area (Å²) in [5.74, 6) is 1.99. The van der Waals surface area contributed by atoms with Crippen molar-refractivity contribution in [2.24, 2.45) is 5.92 Å². The van der Waals surface area contributed by atoms with Crippen molar-refractivity contribution < 1.29 is 14.3 Å². The first-order valence-corrected chi connectivity index (χ1v) is 7.71. The van der Waals surface area contributed by atoms with Crippen LogP contribution in [0.3, 0.4) is 0 Å². The Hall–Kier alpha value is -0.780. The number of benzene rings is 1. The van der Waals surface area contributed by atoms with Crippen molar-refractivity contribution in [2.75, 3.05) is 20.3 Å². The zero-order valence-corrected chi connectivity index (χ0v) is 14.2. The summed E-state index contributed by atoms with van der Waals surface area (Å²) >= 11 is 3.53. The van der Waals surface area contributed by atoms with Gasteiger partial charge in [0, 0.05) is 6.54 Å². The highest BCUT2D eigenvalue weighted by molar-refractivity contribution is 9.10. The molecule has 0 aromatic heterocycles. The fraction of sp³-hybridized carbons (Fsp3) is 0.600. The zero-order chi connectivity index (χ0) is 15.0. The van der Waals surface area contributed by atoms with Gasteiger partial charge in [0.25, 0.3) is 0 Å². The highest BCUT2D eigenvalue weighted by Gasteiger charge is 2.11. The molecule has 0 fully saturated rings. The third-order valence-corrected chi connectivity index (χ3v) is 3.12. The summed E-state index contributed by atoms with van der Waals surface area (Å²) in [4.78, 5) is 5.37. The van der Waals surface area contributed by atoms with Gasteiger partial charge in [0.1, 0.15) is 0 Å². The zero-order valence-electron chi connectivity index (χ0n) is 12.7. The van der Waals surface area contributed by atoms with Crippen LogP contribution in [0.2, 0.25) is 0 Å². The van der Waals surface area contributed by atoms with Gasteiger partial charge in [0.05, 0.1) is 24.8 Å². The second kappa shape index (κ2) is 9.21. The monoisotopic (exact) mass is 345 g/mol. The van der Waals surface area contributed by atoms with Gasteiger partial charge in [-0.05, 0) is 46.0 Å². The molecule has 0 saturated heterocycles. The van der Waals surface area contributed by atoms with Gasteiger partial charge in [0.15, 0.2) is 11.5 Å². The summed E-state index contributed by atoms with van der Waals surface area (Å²) in [7, 11) is 1.65. The van der Waals surface area contributed by atoms with Gasteiger partial charge in [0.2, 0.25) is 0 Å². The molecule has 0 amide bonds. The molecule has 1 N–H and O–H groups in total. The Labute approximate surface area is 129 Å². The summed E-state index contributed by atoms with van der Waals surface area (Å²) in [6, 6.07) is 3.97. The molecular formula is C15H24BrNO3. The number of rotatable bonds is 9. The predicted octanol–water partition coefficient (Wildman–Crippen LogP) is 3.92. The van der Waals surface area contributed by atoms with E-state index >= 15 is 0 Å². The Kier molecular flexibility index (Phi) is 7.95. The average molecular weight is 346 g/mol. The van der Waals surface area contributed by atoms with Crippen molar-refractivity contribution in [2.45, 2.75) is 33.7 Å². The van der Waals surface area contributed by atoms with Crippen molar-refractivity contribution in [3.05, 3.63) is 22.2 Å². The van der Waals surface area contributed by atoms with Crippen LogP contribution in [0.5, 0.6) is 11.5 Å². The van der Waals surface area contributed by atoms with E-state index in [-0.39, 0.29) is 0 Å². The highest BCUT2D eigenvalue weighted by Crippen LogP contribution is 2.36. The van der Waals surface area contributed by atoms with Crippen LogP contribution in [0, 0.1) is 5.92 Å². The van der Waals surface area contributed by atoms with Gasteiger partial charge < -0.3 is 14.3 Å². The van der Waals surface area contributed by atoms with E-state index in [1.165, 1.54) is 0 Å². The Morgan fingerprint density at radius 2 is 2.05 bits per heavy atom. The lowest BCUT2D eigenvalue weighted by atomic mass is 10.2. The van der Waals surface area contributed by atoms with Gasteiger partial charge in [-0.25, -0.2) is 0 Å². The molecule has 0 bridgehead atoms. The summed E-state index contributed by atoms with van der Waals surface area (Å²) in [6.45, 7) is 8.28. The molecule has 114 valence electrons. The smallest absolute Gasteiger partial charge is 0.175 e. The number of ether oxygens (including phenoxy) is 2. The molecule has 1 aromatic rings. The molecule has 0 radical (unpaired) electrons. The Balaban J connectivity index is 2.67. The number of hydrogen-bond donors (Lipinski definition) is 1. The third-order valence-electron chi connectivity index (χ3n) is 2.53. The SMILES string of the molecule is CCCOc1c(Br)cc(CNOCC(C)C)cc1OC. The molecule has 0 saturated carbocycles. The van der Waals surface area contributed by atoms with E-state index in [0.717, 1.165) is 28.0 Å². The third kappa shape index (κ3) is 5.69. The van der Waals surface area contributed by atoms with Crippen LogP contribution >= 0.6 is 15.9 Å².